The van der Waals surface area contributed by atoms with Crippen molar-refractivity contribution in [1.82, 2.24) is 4.90 Å². The number of fused-ring (bicyclic) bond motifs is 1. The summed E-state index contributed by atoms with van der Waals surface area (Å²) in [6, 6.07) is 2.08. The minimum atomic E-state index is 0.0356. The molecule has 1 aromatic heterocycles. The first-order chi connectivity index (χ1) is 9.15. The number of aliphatic hydroxyl groups is 1. The highest BCUT2D eigenvalue weighted by Gasteiger charge is 2.23. The molecule has 1 amide bonds. The van der Waals surface area contributed by atoms with Crippen molar-refractivity contribution < 1.29 is 9.90 Å². The predicted octanol–water partition coefficient (Wildman–Crippen LogP) is 2.72. The van der Waals surface area contributed by atoms with Crippen LogP contribution in [0.1, 0.15) is 46.8 Å². The zero-order valence-corrected chi connectivity index (χ0v) is 12.6. The molecule has 0 radical (unpaired) electrons. The van der Waals surface area contributed by atoms with Crippen LogP contribution in [0.2, 0.25) is 0 Å². The van der Waals surface area contributed by atoms with Gasteiger partial charge < -0.3 is 10.0 Å². The van der Waals surface area contributed by atoms with Gasteiger partial charge in [-0.05, 0) is 43.2 Å². The molecule has 1 N–H and O–H groups in total. The van der Waals surface area contributed by atoms with Gasteiger partial charge in [0.25, 0.3) is 5.91 Å². The highest BCUT2D eigenvalue weighted by molar-refractivity contribution is 7.14. The summed E-state index contributed by atoms with van der Waals surface area (Å²) in [7, 11) is 0. The van der Waals surface area contributed by atoms with Gasteiger partial charge in [-0.15, -0.1) is 11.3 Å². The molecule has 2 rings (SSSR count). The summed E-state index contributed by atoms with van der Waals surface area (Å²) in [6.07, 6.45) is 4.37. The predicted molar refractivity (Wildman–Crippen MR) is 78.8 cm³/mol. The zero-order chi connectivity index (χ0) is 13.8. The summed E-state index contributed by atoms with van der Waals surface area (Å²) in [6.45, 7) is 5.52. The van der Waals surface area contributed by atoms with Crippen molar-refractivity contribution in [3.8, 4) is 0 Å². The number of aliphatic hydroxyl groups excluding tert-OH is 1. The summed E-state index contributed by atoms with van der Waals surface area (Å²) in [4.78, 5) is 16.5. The Balaban J connectivity index is 2.14. The van der Waals surface area contributed by atoms with E-state index >= 15 is 0 Å². The Labute approximate surface area is 119 Å². The summed E-state index contributed by atoms with van der Waals surface area (Å²) < 4.78 is 0. The zero-order valence-electron chi connectivity index (χ0n) is 11.8. The molecule has 1 heterocycles. The second-order valence-electron chi connectivity index (χ2n) is 5.42. The molecule has 0 spiro atoms. The monoisotopic (exact) mass is 281 g/mol. The standard InChI is InChI=1S/C15H23NO2S/c1-3-6-16(7-8-17)15(18)14-10-12-9-11(2)4-5-13(12)19-14/h10-11,17H,3-9H2,1-2H3. The summed E-state index contributed by atoms with van der Waals surface area (Å²) in [5, 5.41) is 9.07. The van der Waals surface area contributed by atoms with Gasteiger partial charge in [0.2, 0.25) is 0 Å². The first kappa shape index (κ1) is 14.5. The van der Waals surface area contributed by atoms with Gasteiger partial charge in [-0.25, -0.2) is 0 Å². The highest BCUT2D eigenvalue weighted by atomic mass is 32.1. The number of hydrogen-bond acceptors (Lipinski definition) is 3. The van der Waals surface area contributed by atoms with Gasteiger partial charge in [-0.2, -0.15) is 0 Å². The number of rotatable bonds is 5. The van der Waals surface area contributed by atoms with Crippen LogP contribution < -0.4 is 0 Å². The number of hydrogen-bond donors (Lipinski definition) is 1. The number of nitrogens with zero attached hydrogens (tertiary/aromatic N) is 1. The van der Waals surface area contributed by atoms with E-state index in [1.54, 1.807) is 16.2 Å². The van der Waals surface area contributed by atoms with E-state index < -0.39 is 0 Å². The van der Waals surface area contributed by atoms with Crippen molar-refractivity contribution in [2.24, 2.45) is 5.92 Å². The second-order valence-corrected chi connectivity index (χ2v) is 6.56. The molecular formula is C15H23NO2S. The average Bonchev–Trinajstić information content (AvgIpc) is 2.80. The molecule has 1 aliphatic rings. The van der Waals surface area contributed by atoms with Gasteiger partial charge >= 0.3 is 0 Å². The normalized spacial score (nSPS) is 18.2. The maximum Gasteiger partial charge on any atom is 0.264 e. The smallest absolute Gasteiger partial charge is 0.264 e. The van der Waals surface area contributed by atoms with Crippen LogP contribution in [0.15, 0.2) is 6.07 Å². The lowest BCUT2D eigenvalue weighted by Gasteiger charge is -2.20. The Hall–Kier alpha value is -0.870. The van der Waals surface area contributed by atoms with E-state index in [4.69, 9.17) is 5.11 Å². The molecule has 1 atom stereocenters. The Morgan fingerprint density at radius 3 is 3.00 bits per heavy atom. The van der Waals surface area contributed by atoms with Crippen molar-refractivity contribution in [3.63, 3.8) is 0 Å². The SMILES string of the molecule is CCCN(CCO)C(=O)c1cc2c(s1)CCC(C)C2. The summed E-state index contributed by atoms with van der Waals surface area (Å²) in [5.74, 6) is 0.817. The third kappa shape index (κ3) is 3.37. The Morgan fingerprint density at radius 1 is 1.53 bits per heavy atom. The largest absolute Gasteiger partial charge is 0.395 e. The molecule has 0 saturated heterocycles. The van der Waals surface area contributed by atoms with Crippen molar-refractivity contribution >= 4 is 17.2 Å². The van der Waals surface area contributed by atoms with Crippen molar-refractivity contribution in [2.75, 3.05) is 19.7 Å². The van der Waals surface area contributed by atoms with E-state index in [-0.39, 0.29) is 12.5 Å². The van der Waals surface area contributed by atoms with E-state index in [1.807, 2.05) is 0 Å². The molecule has 1 aromatic rings. The van der Waals surface area contributed by atoms with Crippen molar-refractivity contribution in [3.05, 3.63) is 21.4 Å². The lowest BCUT2D eigenvalue weighted by atomic mass is 9.90. The Bertz CT molecular complexity index is 435. The van der Waals surface area contributed by atoms with Crippen LogP contribution in [0.4, 0.5) is 0 Å². The van der Waals surface area contributed by atoms with Gasteiger partial charge in [-0.3, -0.25) is 4.79 Å². The lowest BCUT2D eigenvalue weighted by Crippen LogP contribution is -2.33. The van der Waals surface area contributed by atoms with Crippen LogP contribution >= 0.6 is 11.3 Å². The number of carbonyl (C=O) groups excluding carboxylic acids is 1. The Kier molecular flexibility index (Phi) is 4.99. The topological polar surface area (TPSA) is 40.5 Å². The van der Waals surface area contributed by atoms with E-state index in [2.05, 4.69) is 19.9 Å². The van der Waals surface area contributed by atoms with Crippen LogP contribution in [0.25, 0.3) is 0 Å². The van der Waals surface area contributed by atoms with Crippen LogP contribution in [0, 0.1) is 5.92 Å². The first-order valence-electron chi connectivity index (χ1n) is 7.17. The highest BCUT2D eigenvalue weighted by Crippen LogP contribution is 2.32. The number of amides is 1. The third-order valence-electron chi connectivity index (χ3n) is 3.69. The molecule has 1 unspecified atom stereocenters. The molecular weight excluding hydrogens is 258 g/mol. The van der Waals surface area contributed by atoms with Crippen LogP contribution in [-0.4, -0.2) is 35.6 Å². The van der Waals surface area contributed by atoms with Gasteiger partial charge in [-0.1, -0.05) is 13.8 Å². The lowest BCUT2D eigenvalue weighted by molar-refractivity contribution is 0.0726. The molecule has 3 nitrogen and oxygen atoms in total. The third-order valence-corrected chi connectivity index (χ3v) is 4.92. The van der Waals surface area contributed by atoms with Crippen LogP contribution in [0.5, 0.6) is 0 Å². The van der Waals surface area contributed by atoms with Gasteiger partial charge in [0.15, 0.2) is 0 Å². The van der Waals surface area contributed by atoms with Gasteiger partial charge in [0, 0.05) is 18.0 Å². The summed E-state index contributed by atoms with van der Waals surface area (Å²) in [5.41, 5.74) is 1.37. The second kappa shape index (κ2) is 6.53. The Morgan fingerprint density at radius 2 is 2.32 bits per heavy atom. The van der Waals surface area contributed by atoms with Crippen molar-refractivity contribution in [1.29, 1.82) is 0 Å². The van der Waals surface area contributed by atoms with E-state index in [9.17, 15) is 4.79 Å². The molecule has 0 aliphatic heterocycles. The molecule has 4 heteroatoms. The van der Waals surface area contributed by atoms with Crippen LogP contribution in [-0.2, 0) is 12.8 Å². The summed E-state index contributed by atoms with van der Waals surface area (Å²) >= 11 is 1.65. The quantitative estimate of drug-likeness (QED) is 0.901. The molecule has 106 valence electrons. The molecule has 0 bridgehead atoms. The minimum absolute atomic E-state index is 0.0356. The fourth-order valence-corrected chi connectivity index (χ4v) is 3.85. The number of carbonyl (C=O) groups is 1. The van der Waals surface area contributed by atoms with E-state index in [0.717, 1.165) is 36.6 Å². The number of thiophene rings is 1. The molecule has 1 aliphatic carbocycles. The maximum atomic E-state index is 12.4. The minimum Gasteiger partial charge on any atom is -0.395 e. The fraction of sp³-hybridized carbons (Fsp3) is 0.667. The van der Waals surface area contributed by atoms with E-state index in [1.165, 1.54) is 16.9 Å². The molecule has 0 aromatic carbocycles. The van der Waals surface area contributed by atoms with Crippen LogP contribution in [0.3, 0.4) is 0 Å². The van der Waals surface area contributed by atoms with E-state index in [0.29, 0.717) is 6.54 Å². The van der Waals surface area contributed by atoms with Gasteiger partial charge in [0.05, 0.1) is 11.5 Å². The fourth-order valence-electron chi connectivity index (χ4n) is 2.67. The molecule has 0 fully saturated rings. The number of aryl methyl sites for hydroxylation is 1. The molecule has 0 saturated carbocycles. The van der Waals surface area contributed by atoms with Crippen molar-refractivity contribution in [2.45, 2.75) is 39.5 Å². The first-order valence-corrected chi connectivity index (χ1v) is 7.99. The molecule has 19 heavy (non-hydrogen) atoms. The average molecular weight is 281 g/mol. The van der Waals surface area contributed by atoms with Gasteiger partial charge in [0.1, 0.15) is 0 Å². The maximum absolute atomic E-state index is 12.4.